The Kier molecular flexibility index (Phi) is 8.40. The van der Waals surface area contributed by atoms with Gasteiger partial charge in [-0.15, -0.1) is 0 Å². The molecule has 224 valence electrons. The first kappa shape index (κ1) is 34.4. The number of hydrogen-bond acceptors (Lipinski definition) is 3. The van der Waals surface area contributed by atoms with Gasteiger partial charge in [-0.05, 0) is 11.5 Å². The van der Waals surface area contributed by atoms with E-state index in [1.807, 2.05) is 0 Å². The third-order valence-electron chi connectivity index (χ3n) is 4.72. The third-order valence-corrected chi connectivity index (χ3v) is 4.72. The van der Waals surface area contributed by atoms with Gasteiger partial charge in [0, 0.05) is 12.5 Å². The SMILES string of the molecule is CC(=O)Nc1cc(C(F)(F)C(F)(F)C(F)(F)C(F)(F)F)cc(B(O)O)c1C(F)(F)C(F)(F)C(F)(F)C(F)(F)F. The highest BCUT2D eigenvalue weighted by atomic mass is 19.4. The second-order valence-electron chi connectivity index (χ2n) is 7.48. The number of alkyl halides is 18. The number of nitrogens with one attached hydrogen (secondary N) is 1. The fourth-order valence-electron chi connectivity index (χ4n) is 2.78. The molecule has 1 aromatic rings. The van der Waals surface area contributed by atoms with Crippen LogP contribution < -0.4 is 10.8 Å². The lowest BCUT2D eigenvalue weighted by molar-refractivity contribution is -0.399. The fraction of sp³-hybridized carbons (Fsp3) is 0.562. The molecule has 0 heterocycles. The minimum Gasteiger partial charge on any atom is -0.423 e. The van der Waals surface area contributed by atoms with Gasteiger partial charge in [-0.2, -0.15) is 79.0 Å². The molecule has 0 atom stereocenters. The van der Waals surface area contributed by atoms with Crippen molar-refractivity contribution in [1.82, 2.24) is 0 Å². The van der Waals surface area contributed by atoms with Crippen molar-refractivity contribution in [3.63, 3.8) is 0 Å². The molecule has 0 aliphatic rings. The average Bonchev–Trinajstić information content (AvgIpc) is 2.70. The molecule has 0 aliphatic carbocycles. The zero-order valence-electron chi connectivity index (χ0n) is 17.8. The third kappa shape index (κ3) is 5.17. The van der Waals surface area contributed by atoms with Crippen LogP contribution in [0.1, 0.15) is 18.1 Å². The van der Waals surface area contributed by atoms with Crippen LogP contribution >= 0.6 is 0 Å². The molecule has 3 N–H and O–H groups in total. The molecule has 1 rings (SSSR count). The van der Waals surface area contributed by atoms with Gasteiger partial charge < -0.3 is 15.4 Å². The highest BCUT2D eigenvalue weighted by Crippen LogP contribution is 2.59. The number of amides is 1. The van der Waals surface area contributed by atoms with Crippen molar-refractivity contribution >= 4 is 24.2 Å². The van der Waals surface area contributed by atoms with Crippen LogP contribution in [0.15, 0.2) is 12.1 Å². The van der Waals surface area contributed by atoms with Gasteiger partial charge in [-0.1, -0.05) is 6.07 Å². The van der Waals surface area contributed by atoms with Gasteiger partial charge in [0.05, 0.1) is 11.3 Å². The van der Waals surface area contributed by atoms with E-state index in [0.717, 1.165) is 5.32 Å². The Hall–Kier alpha value is -2.59. The molecule has 0 bridgehead atoms. The number of carbonyl (C=O) groups excluding carboxylic acids is 1. The first-order valence-corrected chi connectivity index (χ1v) is 9.07. The topological polar surface area (TPSA) is 69.6 Å². The lowest BCUT2D eigenvalue weighted by atomic mass is 9.72. The van der Waals surface area contributed by atoms with E-state index in [1.165, 1.54) is 0 Å². The molecule has 39 heavy (non-hydrogen) atoms. The summed E-state index contributed by atoms with van der Waals surface area (Å²) in [6.45, 7) is 0.149. The molecule has 0 spiro atoms. The van der Waals surface area contributed by atoms with E-state index in [0.29, 0.717) is 0 Å². The molecular weight excluding hydrogens is 607 g/mol. The molecule has 0 saturated heterocycles. The molecule has 23 heteroatoms. The summed E-state index contributed by atoms with van der Waals surface area (Å²) in [7, 11) is -4.01. The molecule has 0 aliphatic heterocycles. The number of carbonyl (C=O) groups is 1. The zero-order chi connectivity index (χ0) is 31.6. The predicted octanol–water partition coefficient (Wildman–Crippen LogP) is 5.17. The van der Waals surface area contributed by atoms with Crippen LogP contribution in [0.4, 0.5) is 84.7 Å². The van der Waals surface area contributed by atoms with E-state index in [9.17, 15) is 83.8 Å². The van der Waals surface area contributed by atoms with Crippen molar-refractivity contribution in [1.29, 1.82) is 0 Å². The lowest BCUT2D eigenvalue weighted by Gasteiger charge is -2.37. The minimum atomic E-state index is -7.72. The molecule has 0 fully saturated rings. The Morgan fingerprint density at radius 2 is 1.00 bits per heavy atom. The molecule has 1 amide bonds. The second-order valence-corrected chi connectivity index (χ2v) is 7.48. The maximum absolute atomic E-state index is 14.6. The molecule has 1 aromatic carbocycles. The van der Waals surface area contributed by atoms with Crippen molar-refractivity contribution in [2.45, 2.75) is 54.8 Å². The fourth-order valence-corrected chi connectivity index (χ4v) is 2.78. The van der Waals surface area contributed by atoms with Crippen LogP contribution in [0.2, 0.25) is 0 Å². The van der Waals surface area contributed by atoms with Gasteiger partial charge in [0.2, 0.25) is 5.91 Å². The van der Waals surface area contributed by atoms with Crippen molar-refractivity contribution < 1.29 is 93.9 Å². The van der Waals surface area contributed by atoms with Gasteiger partial charge in [0.15, 0.2) is 0 Å². The van der Waals surface area contributed by atoms with E-state index >= 15 is 0 Å². The van der Waals surface area contributed by atoms with E-state index < -0.39 is 95.3 Å². The van der Waals surface area contributed by atoms with Crippen molar-refractivity contribution in [2.75, 3.05) is 5.32 Å². The summed E-state index contributed by atoms with van der Waals surface area (Å²) in [6, 6.07) is -2.47. The zero-order valence-corrected chi connectivity index (χ0v) is 17.8. The quantitative estimate of drug-likeness (QED) is 0.280. The highest BCUT2D eigenvalue weighted by molar-refractivity contribution is 6.59. The van der Waals surface area contributed by atoms with Crippen LogP contribution in [-0.4, -0.2) is 59.1 Å². The van der Waals surface area contributed by atoms with Crippen LogP contribution in [0, 0.1) is 0 Å². The standard InChI is InChI=1S/C16H8BF18NO3/c1-4(37)36-7-3-5(9(18,19)11(22,23)13(26,27)15(30,31)32)2-6(17(38)39)8(7)10(20,21)12(24,25)14(28,29)16(33,34)35/h2-3,38-39H,1H3,(H,36,37). The lowest BCUT2D eigenvalue weighted by Crippen LogP contribution is -2.61. The Morgan fingerprint density at radius 1 is 0.641 bits per heavy atom. The number of hydrogen-bond donors (Lipinski definition) is 3. The molecule has 0 aromatic heterocycles. The highest BCUT2D eigenvalue weighted by Gasteiger charge is 2.84. The summed E-state index contributed by atoms with van der Waals surface area (Å²) < 4.78 is 241. The Labute approximate surface area is 202 Å². The van der Waals surface area contributed by atoms with Crippen LogP contribution in [0.5, 0.6) is 0 Å². The maximum Gasteiger partial charge on any atom is 0.489 e. The monoisotopic (exact) mass is 615 g/mol. The number of rotatable bonds is 8. The van der Waals surface area contributed by atoms with Crippen molar-refractivity contribution in [3.05, 3.63) is 23.3 Å². The van der Waals surface area contributed by atoms with Gasteiger partial charge >= 0.3 is 55.0 Å². The van der Waals surface area contributed by atoms with E-state index in [4.69, 9.17) is 10.0 Å². The first-order valence-electron chi connectivity index (χ1n) is 9.07. The summed E-state index contributed by atoms with van der Waals surface area (Å²) in [5, 5.41) is 19.0. The second kappa shape index (κ2) is 9.51. The molecular formula is C16H8BF18NO3. The number of anilines is 1. The number of halogens is 18. The summed E-state index contributed by atoms with van der Waals surface area (Å²) in [6.07, 6.45) is -14.9. The summed E-state index contributed by atoms with van der Waals surface area (Å²) in [4.78, 5) is 11.2. The van der Waals surface area contributed by atoms with E-state index in [1.54, 1.807) is 0 Å². The Balaban J connectivity index is 4.23. The van der Waals surface area contributed by atoms with Crippen LogP contribution in [0.25, 0.3) is 0 Å². The largest absolute Gasteiger partial charge is 0.489 e. The Morgan fingerprint density at radius 3 is 1.31 bits per heavy atom. The normalized spacial score (nSPS) is 14.9. The van der Waals surface area contributed by atoms with Gasteiger partial charge in [-0.3, -0.25) is 4.79 Å². The summed E-state index contributed by atoms with van der Waals surface area (Å²) >= 11 is 0. The van der Waals surface area contributed by atoms with Crippen molar-refractivity contribution in [3.8, 4) is 0 Å². The van der Waals surface area contributed by atoms with Crippen molar-refractivity contribution in [2.24, 2.45) is 0 Å². The van der Waals surface area contributed by atoms with E-state index in [-0.39, 0.29) is 6.92 Å². The average molecular weight is 615 g/mol. The molecule has 0 unspecified atom stereocenters. The Bertz CT molecular complexity index is 1100. The maximum atomic E-state index is 14.6. The summed E-state index contributed by atoms with van der Waals surface area (Å²) in [5.74, 6) is -46.6. The predicted molar refractivity (Wildman–Crippen MR) is 90.3 cm³/mol. The van der Waals surface area contributed by atoms with Crippen LogP contribution in [-0.2, 0) is 16.6 Å². The number of benzene rings is 1. The van der Waals surface area contributed by atoms with Crippen LogP contribution in [0.3, 0.4) is 0 Å². The molecule has 0 radical (unpaired) electrons. The minimum absolute atomic E-state index is 0.149. The van der Waals surface area contributed by atoms with Gasteiger partial charge in [0.1, 0.15) is 0 Å². The van der Waals surface area contributed by atoms with Gasteiger partial charge in [0.25, 0.3) is 0 Å². The molecule has 0 saturated carbocycles. The molecule has 4 nitrogen and oxygen atoms in total. The van der Waals surface area contributed by atoms with E-state index in [2.05, 4.69) is 0 Å². The smallest absolute Gasteiger partial charge is 0.423 e. The first-order chi connectivity index (χ1) is 16.8. The summed E-state index contributed by atoms with van der Waals surface area (Å²) in [5.41, 5.74) is -11.8. The van der Waals surface area contributed by atoms with Gasteiger partial charge in [-0.25, -0.2) is 0 Å².